The van der Waals surface area contributed by atoms with Crippen LogP contribution in [0, 0.1) is 12.4 Å². The molecular formula is C33H22F6N6Pt. The summed E-state index contributed by atoms with van der Waals surface area (Å²) in [7, 11) is 0. The maximum atomic E-state index is 13.9. The largest absolute Gasteiger partial charge is 2.00 e. The second-order valence-electron chi connectivity index (χ2n) is 10.6. The molecule has 0 bridgehead atoms. The minimum absolute atomic E-state index is 0. The van der Waals surface area contributed by atoms with Crippen LogP contribution in [0.1, 0.15) is 36.9 Å². The van der Waals surface area contributed by atoms with E-state index in [4.69, 9.17) is 9.97 Å². The second kappa shape index (κ2) is 12.3. The predicted octanol–water partition coefficient (Wildman–Crippen LogP) is 8.14. The van der Waals surface area contributed by atoms with E-state index in [-0.39, 0.29) is 55.2 Å². The number of alkyl halides is 6. The van der Waals surface area contributed by atoms with Crippen molar-refractivity contribution in [3.05, 3.63) is 132 Å². The van der Waals surface area contributed by atoms with E-state index >= 15 is 0 Å². The van der Waals surface area contributed by atoms with Crippen molar-refractivity contribution in [3.8, 4) is 34.2 Å². The number of pyridine rings is 2. The Morgan fingerprint density at radius 3 is 1.24 bits per heavy atom. The van der Waals surface area contributed by atoms with Gasteiger partial charge in [-0.3, -0.25) is 0 Å². The first-order valence-corrected chi connectivity index (χ1v) is 13.6. The molecule has 0 amide bonds. The van der Waals surface area contributed by atoms with Crippen molar-refractivity contribution in [3.63, 3.8) is 0 Å². The van der Waals surface area contributed by atoms with Crippen LogP contribution >= 0.6 is 0 Å². The van der Waals surface area contributed by atoms with E-state index in [9.17, 15) is 26.3 Å². The third-order valence-corrected chi connectivity index (χ3v) is 7.21. The van der Waals surface area contributed by atoms with Gasteiger partial charge in [-0.15, -0.1) is 0 Å². The molecule has 4 heterocycles. The Balaban J connectivity index is 0.00000417. The van der Waals surface area contributed by atoms with E-state index in [1.54, 1.807) is 72.8 Å². The van der Waals surface area contributed by atoms with Crippen molar-refractivity contribution in [2.24, 2.45) is 0 Å². The summed E-state index contributed by atoms with van der Waals surface area (Å²) in [5.41, 5.74) is 0.817. The third-order valence-electron chi connectivity index (χ3n) is 7.21. The monoisotopic (exact) mass is 811 g/mol. The summed E-state index contributed by atoms with van der Waals surface area (Å²) in [5.74, 6) is -2.29. The fraction of sp³-hybridized carbons (Fsp3) is 0.152. The van der Waals surface area contributed by atoms with Crippen LogP contribution in [0.4, 0.5) is 26.3 Å². The summed E-state index contributed by atoms with van der Waals surface area (Å²) in [6.07, 6.45) is -4.52. The molecule has 46 heavy (non-hydrogen) atoms. The van der Waals surface area contributed by atoms with E-state index in [1.165, 1.54) is 24.3 Å². The normalized spacial score (nSPS) is 12.2. The third kappa shape index (κ3) is 6.13. The van der Waals surface area contributed by atoms with E-state index < -0.39 is 29.4 Å². The Hall–Kier alpha value is -4.57. The molecule has 4 aromatic heterocycles. The molecule has 236 valence electrons. The first-order chi connectivity index (χ1) is 21.4. The van der Waals surface area contributed by atoms with E-state index in [2.05, 4.69) is 22.4 Å². The predicted molar refractivity (Wildman–Crippen MR) is 153 cm³/mol. The molecule has 13 heteroatoms. The molecule has 0 N–H and O–H groups in total. The summed E-state index contributed by atoms with van der Waals surface area (Å²) in [4.78, 5) is 16.5. The topological polar surface area (TPSA) is 61.4 Å². The molecular weight excluding hydrogens is 789 g/mol. The van der Waals surface area contributed by atoms with Crippen molar-refractivity contribution < 1.29 is 47.4 Å². The van der Waals surface area contributed by atoms with Crippen LogP contribution in [0.5, 0.6) is 0 Å². The summed E-state index contributed by atoms with van der Waals surface area (Å²) in [5, 5.41) is 0. The zero-order valence-electron chi connectivity index (χ0n) is 24.0. The fourth-order valence-electron chi connectivity index (χ4n) is 4.97. The number of hydrogen-bond donors (Lipinski definition) is 0. The average Bonchev–Trinajstić information content (AvgIpc) is 3.68. The molecule has 6 aromatic rings. The van der Waals surface area contributed by atoms with Crippen molar-refractivity contribution >= 4 is 0 Å². The van der Waals surface area contributed by atoms with Gasteiger partial charge in [0.25, 0.3) is 0 Å². The number of rotatable bonds is 6. The first-order valence-electron chi connectivity index (χ1n) is 13.6. The number of para-hydroxylation sites is 2. The van der Waals surface area contributed by atoms with Gasteiger partial charge in [-0.05, 0) is 73.0 Å². The van der Waals surface area contributed by atoms with Crippen LogP contribution in [0.15, 0.2) is 97.1 Å². The second-order valence-corrected chi connectivity index (χ2v) is 10.6. The van der Waals surface area contributed by atoms with Gasteiger partial charge in [0.15, 0.2) is 0 Å². The molecule has 0 aliphatic carbocycles. The Kier molecular flexibility index (Phi) is 8.79. The summed E-state index contributed by atoms with van der Waals surface area (Å²) < 4.78 is 85.5. The first kappa shape index (κ1) is 32.8. The van der Waals surface area contributed by atoms with Crippen molar-refractivity contribution in [2.75, 3.05) is 0 Å². The molecule has 0 unspecified atom stereocenters. The van der Waals surface area contributed by atoms with Gasteiger partial charge in [0.1, 0.15) is 11.6 Å². The van der Waals surface area contributed by atoms with Gasteiger partial charge in [-0.25, -0.2) is 0 Å². The molecule has 0 spiro atoms. The smallest absolute Gasteiger partial charge is 0.364 e. The van der Waals surface area contributed by atoms with Gasteiger partial charge in [0, 0.05) is 28.2 Å². The van der Waals surface area contributed by atoms with Crippen LogP contribution in [0.3, 0.4) is 0 Å². The van der Waals surface area contributed by atoms with E-state index in [1.807, 2.05) is 13.8 Å². The van der Waals surface area contributed by atoms with E-state index in [0.717, 1.165) is 9.13 Å². The van der Waals surface area contributed by atoms with Gasteiger partial charge in [-0.2, -0.15) is 26.3 Å². The number of benzene rings is 2. The van der Waals surface area contributed by atoms with Crippen LogP contribution < -0.4 is 0 Å². The molecule has 0 aliphatic rings. The van der Waals surface area contributed by atoms with Gasteiger partial charge in [0.2, 0.25) is 0 Å². The zero-order chi connectivity index (χ0) is 32.0. The molecule has 6 nitrogen and oxygen atoms in total. The van der Waals surface area contributed by atoms with Gasteiger partial charge in [0.05, 0.1) is 0 Å². The van der Waals surface area contributed by atoms with Crippen molar-refractivity contribution in [1.29, 1.82) is 0 Å². The fourth-order valence-corrected chi connectivity index (χ4v) is 4.97. The summed E-state index contributed by atoms with van der Waals surface area (Å²) in [6, 6.07) is 25.8. The number of nitrogens with zero attached hydrogens (tertiary/aromatic N) is 6. The van der Waals surface area contributed by atoms with Gasteiger partial charge >= 0.3 is 33.4 Å². The minimum atomic E-state index is -4.75. The number of hydrogen-bond acceptors (Lipinski definition) is 4. The van der Waals surface area contributed by atoms with Crippen molar-refractivity contribution in [2.45, 2.75) is 31.6 Å². The maximum absolute atomic E-state index is 13.9. The molecule has 0 fully saturated rings. The Bertz CT molecular complexity index is 1820. The molecule has 0 aliphatic heterocycles. The number of halogens is 6. The zero-order valence-corrected chi connectivity index (χ0v) is 26.3. The van der Waals surface area contributed by atoms with Gasteiger partial charge in [-0.1, -0.05) is 73.1 Å². The minimum Gasteiger partial charge on any atom is -0.364 e. The quantitative estimate of drug-likeness (QED) is 0.126. The number of imidazole rings is 2. The summed E-state index contributed by atoms with van der Waals surface area (Å²) in [6.45, 7) is 3.62. The SMILES string of the molecule is CC(C)(c1cccc(-c2[c-]nc(C(F)(F)F)n2-c2ccccc2)n1)c1cccc(-c2[c-]nc(C(F)(F)F)n2-c2ccccc2)n1.[Pt+2]. The molecule has 2 aromatic carbocycles. The maximum Gasteiger partial charge on any atom is 2.00 e. The van der Waals surface area contributed by atoms with Crippen LogP contribution in [0.25, 0.3) is 34.2 Å². The number of aromatic nitrogens is 6. The Morgan fingerprint density at radius 1 is 0.522 bits per heavy atom. The molecule has 0 radical (unpaired) electrons. The molecule has 6 rings (SSSR count). The van der Waals surface area contributed by atoms with E-state index in [0.29, 0.717) is 11.4 Å². The van der Waals surface area contributed by atoms with Crippen LogP contribution in [-0.4, -0.2) is 29.1 Å². The van der Waals surface area contributed by atoms with Crippen LogP contribution in [0.2, 0.25) is 0 Å². The average molecular weight is 812 g/mol. The molecule has 0 saturated carbocycles. The van der Waals surface area contributed by atoms with Gasteiger partial charge < -0.3 is 29.1 Å². The van der Waals surface area contributed by atoms with Crippen LogP contribution in [-0.2, 0) is 38.8 Å². The summed E-state index contributed by atoms with van der Waals surface area (Å²) >= 11 is 0. The standard InChI is InChI=1S/C33H22F6N6.Pt/c1-31(2,27-17-9-15-23(42-27)25-19-40-29(32(34,35)36)44(25)21-11-5-3-6-12-21)28-18-10-16-24(43-28)26-20-41-30(33(37,38)39)45(26)22-13-7-4-8-14-22;/h3-18H,1-2H3;/q-2;+2. The Morgan fingerprint density at radius 2 is 0.891 bits per heavy atom. The van der Waals surface area contributed by atoms with Crippen molar-refractivity contribution in [1.82, 2.24) is 29.1 Å². The molecule has 0 saturated heterocycles. The Labute approximate surface area is 274 Å². The molecule has 0 atom stereocenters.